The highest BCUT2D eigenvalue weighted by Gasteiger charge is 2.20. The Balaban J connectivity index is 0.00000225. The molecule has 0 spiro atoms. The van der Waals surface area contributed by atoms with E-state index in [9.17, 15) is 4.79 Å². The molecule has 96 valence electrons. The summed E-state index contributed by atoms with van der Waals surface area (Å²) in [5.41, 5.74) is 0. The molecule has 1 aliphatic rings. The van der Waals surface area contributed by atoms with Gasteiger partial charge in [0.1, 0.15) is 0 Å². The van der Waals surface area contributed by atoms with Crippen molar-refractivity contribution < 1.29 is 9.53 Å². The fourth-order valence-corrected chi connectivity index (χ4v) is 1.26. The predicted octanol–water partition coefficient (Wildman–Crippen LogP) is 0.951. The van der Waals surface area contributed by atoms with Crippen LogP contribution in [0.5, 0.6) is 0 Å². The van der Waals surface area contributed by atoms with Crippen LogP contribution in [-0.2, 0) is 9.53 Å². The number of carbonyl (C=O) groups excluding carboxylic acids is 1. The van der Waals surface area contributed by atoms with Crippen LogP contribution in [0.25, 0.3) is 0 Å². The van der Waals surface area contributed by atoms with Crippen LogP contribution in [0, 0.1) is 5.92 Å². The molecule has 0 radical (unpaired) electrons. The second kappa shape index (κ2) is 9.87. The third-order valence-corrected chi connectivity index (χ3v) is 2.44. The molecule has 1 rings (SSSR count). The molecule has 0 aromatic rings. The van der Waals surface area contributed by atoms with Crippen LogP contribution in [0.2, 0.25) is 0 Å². The smallest absolute Gasteiger partial charge is 0.221 e. The van der Waals surface area contributed by atoms with Crippen molar-refractivity contribution in [2.45, 2.75) is 25.7 Å². The van der Waals surface area contributed by atoms with Gasteiger partial charge >= 0.3 is 0 Å². The van der Waals surface area contributed by atoms with Gasteiger partial charge in [-0.15, -0.1) is 12.4 Å². The first-order valence-electron chi connectivity index (χ1n) is 5.82. The Hall–Kier alpha value is -0.320. The van der Waals surface area contributed by atoms with Crippen LogP contribution in [0.15, 0.2) is 0 Å². The second-order valence-electron chi connectivity index (χ2n) is 4.08. The Morgan fingerprint density at radius 2 is 2.12 bits per heavy atom. The first kappa shape index (κ1) is 15.7. The van der Waals surface area contributed by atoms with Crippen molar-refractivity contribution >= 4 is 18.3 Å². The van der Waals surface area contributed by atoms with E-state index in [1.807, 2.05) is 7.05 Å². The highest BCUT2D eigenvalue weighted by Crippen LogP contribution is 2.28. The maximum atomic E-state index is 11.2. The Morgan fingerprint density at radius 1 is 1.38 bits per heavy atom. The number of rotatable bonds is 9. The maximum absolute atomic E-state index is 11.2. The fourth-order valence-electron chi connectivity index (χ4n) is 1.26. The van der Waals surface area contributed by atoms with Crippen LogP contribution in [-0.4, -0.2) is 39.3 Å². The van der Waals surface area contributed by atoms with Crippen molar-refractivity contribution in [2.24, 2.45) is 5.92 Å². The van der Waals surface area contributed by atoms with Crippen LogP contribution in [0.4, 0.5) is 0 Å². The molecule has 4 nitrogen and oxygen atoms in total. The van der Waals surface area contributed by atoms with Crippen molar-refractivity contribution in [3.63, 3.8) is 0 Å². The molecule has 1 fully saturated rings. The van der Waals surface area contributed by atoms with Crippen LogP contribution in [0.1, 0.15) is 25.7 Å². The highest BCUT2D eigenvalue weighted by atomic mass is 35.5. The van der Waals surface area contributed by atoms with Gasteiger partial charge in [-0.05, 0) is 32.2 Å². The van der Waals surface area contributed by atoms with Crippen LogP contribution < -0.4 is 10.6 Å². The highest BCUT2D eigenvalue weighted by molar-refractivity contribution is 5.85. The fraction of sp³-hybridized carbons (Fsp3) is 0.909. The molecule has 0 aromatic heterocycles. The molecule has 0 atom stereocenters. The Kier molecular flexibility index (Phi) is 9.68. The van der Waals surface area contributed by atoms with E-state index < -0.39 is 0 Å². The van der Waals surface area contributed by atoms with E-state index >= 15 is 0 Å². The second-order valence-corrected chi connectivity index (χ2v) is 4.08. The molecular formula is C11H23ClN2O2. The molecule has 0 unspecified atom stereocenters. The number of hydrogen-bond donors (Lipinski definition) is 2. The Morgan fingerprint density at radius 3 is 2.75 bits per heavy atom. The van der Waals surface area contributed by atoms with E-state index in [2.05, 4.69) is 10.6 Å². The Bertz CT molecular complexity index is 187. The topological polar surface area (TPSA) is 50.4 Å². The summed E-state index contributed by atoms with van der Waals surface area (Å²) in [7, 11) is 1.85. The van der Waals surface area contributed by atoms with Crippen molar-refractivity contribution in [3.8, 4) is 0 Å². The molecule has 1 amide bonds. The van der Waals surface area contributed by atoms with E-state index in [1.165, 1.54) is 12.8 Å². The third-order valence-electron chi connectivity index (χ3n) is 2.44. The van der Waals surface area contributed by atoms with E-state index in [0.717, 1.165) is 38.6 Å². The summed E-state index contributed by atoms with van der Waals surface area (Å²) in [5.74, 6) is 0.946. The number of ether oxygens (including phenoxy) is 1. The molecule has 5 heteroatoms. The van der Waals surface area contributed by atoms with E-state index in [-0.39, 0.29) is 18.3 Å². The lowest BCUT2D eigenvalue weighted by atomic mass is 10.3. The summed E-state index contributed by atoms with van der Waals surface area (Å²) in [5, 5.41) is 5.81. The first-order chi connectivity index (χ1) is 7.33. The lowest BCUT2D eigenvalue weighted by Gasteiger charge is -2.05. The average molecular weight is 251 g/mol. The van der Waals surface area contributed by atoms with Crippen molar-refractivity contribution in [2.75, 3.05) is 33.4 Å². The summed E-state index contributed by atoms with van der Waals surface area (Å²) in [6.07, 6.45) is 4.14. The molecule has 0 saturated heterocycles. The third kappa shape index (κ3) is 8.95. The van der Waals surface area contributed by atoms with Crippen molar-refractivity contribution in [1.29, 1.82) is 0 Å². The van der Waals surface area contributed by atoms with Gasteiger partial charge in [-0.2, -0.15) is 0 Å². The standard InChI is InChI=1S/C11H22N2O2.ClH/c1-12-7-5-11(14)13-6-2-8-15-9-10-3-4-10;/h10,12H,2-9H2,1H3,(H,13,14);1H. The van der Waals surface area contributed by atoms with E-state index in [4.69, 9.17) is 4.74 Å². The van der Waals surface area contributed by atoms with Gasteiger partial charge in [-0.3, -0.25) is 4.79 Å². The van der Waals surface area contributed by atoms with Gasteiger partial charge in [0.15, 0.2) is 0 Å². The quantitative estimate of drug-likeness (QED) is 0.599. The van der Waals surface area contributed by atoms with Gasteiger partial charge < -0.3 is 15.4 Å². The van der Waals surface area contributed by atoms with Gasteiger partial charge in [0, 0.05) is 32.7 Å². The minimum Gasteiger partial charge on any atom is -0.381 e. The number of nitrogens with one attached hydrogen (secondary N) is 2. The normalized spacial score (nSPS) is 14.3. The summed E-state index contributed by atoms with van der Waals surface area (Å²) < 4.78 is 5.46. The van der Waals surface area contributed by atoms with Crippen molar-refractivity contribution in [3.05, 3.63) is 0 Å². The molecule has 2 N–H and O–H groups in total. The van der Waals surface area contributed by atoms with Gasteiger partial charge in [0.25, 0.3) is 0 Å². The summed E-state index contributed by atoms with van der Waals surface area (Å²) in [6.45, 7) is 3.15. The van der Waals surface area contributed by atoms with Crippen molar-refractivity contribution in [1.82, 2.24) is 10.6 Å². The summed E-state index contributed by atoms with van der Waals surface area (Å²) >= 11 is 0. The SMILES string of the molecule is CNCCC(=O)NCCCOCC1CC1.Cl. The zero-order valence-electron chi connectivity index (χ0n) is 9.96. The van der Waals surface area contributed by atoms with Gasteiger partial charge in [-0.25, -0.2) is 0 Å². The minimum atomic E-state index is 0. The largest absolute Gasteiger partial charge is 0.381 e. The Labute approximate surface area is 104 Å². The molecule has 16 heavy (non-hydrogen) atoms. The van der Waals surface area contributed by atoms with Crippen LogP contribution in [0.3, 0.4) is 0 Å². The maximum Gasteiger partial charge on any atom is 0.221 e. The van der Waals surface area contributed by atoms with E-state index in [1.54, 1.807) is 0 Å². The number of hydrogen-bond acceptors (Lipinski definition) is 3. The molecule has 0 bridgehead atoms. The average Bonchev–Trinajstić information content (AvgIpc) is 3.04. The summed E-state index contributed by atoms with van der Waals surface area (Å²) in [4.78, 5) is 11.2. The van der Waals surface area contributed by atoms with Gasteiger partial charge in [-0.1, -0.05) is 0 Å². The summed E-state index contributed by atoms with van der Waals surface area (Å²) in [6, 6.07) is 0. The number of amides is 1. The number of carbonyl (C=O) groups is 1. The minimum absolute atomic E-state index is 0. The van der Waals surface area contributed by atoms with Gasteiger partial charge in [0.05, 0.1) is 0 Å². The molecule has 1 saturated carbocycles. The van der Waals surface area contributed by atoms with E-state index in [0.29, 0.717) is 6.42 Å². The predicted molar refractivity (Wildman–Crippen MR) is 67.0 cm³/mol. The molecule has 0 heterocycles. The molecule has 0 aliphatic heterocycles. The lowest BCUT2D eigenvalue weighted by Crippen LogP contribution is -2.27. The lowest BCUT2D eigenvalue weighted by molar-refractivity contribution is -0.121. The molecular weight excluding hydrogens is 228 g/mol. The molecule has 1 aliphatic carbocycles. The molecule has 0 aromatic carbocycles. The number of halogens is 1. The van der Waals surface area contributed by atoms with Gasteiger partial charge in [0.2, 0.25) is 5.91 Å². The zero-order chi connectivity index (χ0) is 10.9. The van der Waals surface area contributed by atoms with Crippen LogP contribution >= 0.6 is 12.4 Å². The zero-order valence-corrected chi connectivity index (χ0v) is 10.8. The first-order valence-corrected chi connectivity index (χ1v) is 5.82. The monoisotopic (exact) mass is 250 g/mol.